The zero-order valence-electron chi connectivity index (χ0n) is 19.6. The molecule has 0 atom stereocenters. The highest BCUT2D eigenvalue weighted by Gasteiger charge is 2.25. The molecule has 8 nitrogen and oxygen atoms in total. The zero-order valence-corrected chi connectivity index (χ0v) is 19.6. The summed E-state index contributed by atoms with van der Waals surface area (Å²) in [5.41, 5.74) is 6.41. The second kappa shape index (κ2) is 10.8. The molecule has 0 saturated heterocycles. The van der Waals surface area contributed by atoms with E-state index in [9.17, 15) is 4.79 Å². The number of ether oxygens (including phenoxy) is 2. The molecule has 0 fully saturated rings. The van der Waals surface area contributed by atoms with Gasteiger partial charge in [-0.05, 0) is 47.7 Å². The van der Waals surface area contributed by atoms with E-state index in [4.69, 9.17) is 19.7 Å². The van der Waals surface area contributed by atoms with Crippen LogP contribution >= 0.6 is 0 Å². The maximum absolute atomic E-state index is 11.5. The second-order valence-electron chi connectivity index (χ2n) is 8.32. The highest BCUT2D eigenvalue weighted by Crippen LogP contribution is 2.31. The lowest BCUT2D eigenvalue weighted by Crippen LogP contribution is -2.25. The van der Waals surface area contributed by atoms with Crippen LogP contribution in [0.15, 0.2) is 97.2 Å². The first-order valence-electron chi connectivity index (χ1n) is 11.6. The van der Waals surface area contributed by atoms with Gasteiger partial charge in [0.25, 0.3) is 5.91 Å². The van der Waals surface area contributed by atoms with Crippen LogP contribution in [0.4, 0.5) is 5.82 Å². The van der Waals surface area contributed by atoms with Crippen molar-refractivity contribution < 1.29 is 19.5 Å². The maximum atomic E-state index is 11.5. The van der Waals surface area contributed by atoms with Crippen molar-refractivity contribution in [1.29, 1.82) is 0 Å². The monoisotopic (exact) mass is 482 g/mol. The molecular weight excluding hydrogens is 456 g/mol. The van der Waals surface area contributed by atoms with Crippen molar-refractivity contribution in [3.05, 3.63) is 120 Å². The molecule has 1 aliphatic heterocycles. The first-order valence-corrected chi connectivity index (χ1v) is 11.6. The fourth-order valence-electron chi connectivity index (χ4n) is 4.16. The highest BCUT2D eigenvalue weighted by molar-refractivity contribution is 5.90. The Morgan fingerprint density at radius 3 is 2.47 bits per heavy atom. The predicted molar refractivity (Wildman–Crippen MR) is 136 cm³/mol. The van der Waals surface area contributed by atoms with Gasteiger partial charge in [0, 0.05) is 12.3 Å². The third-order valence-corrected chi connectivity index (χ3v) is 5.88. The number of aromatic nitrogens is 2. The molecule has 2 aromatic heterocycles. The molecule has 4 aromatic rings. The summed E-state index contributed by atoms with van der Waals surface area (Å²) in [4.78, 5) is 18.5. The van der Waals surface area contributed by atoms with Gasteiger partial charge in [-0.15, -0.1) is 0 Å². The van der Waals surface area contributed by atoms with Crippen LogP contribution in [0.5, 0.6) is 0 Å². The molecule has 8 heteroatoms. The lowest BCUT2D eigenvalue weighted by Gasteiger charge is -2.25. The number of aryl methyl sites for hydroxylation is 2. The smallest absolute Gasteiger partial charge is 0.267 e. The number of benzene rings is 2. The molecule has 1 aliphatic rings. The number of nitrogens with zero attached hydrogens (tertiary/aromatic N) is 3. The topological polar surface area (TPSA) is 88.3 Å². The molecule has 0 radical (unpaired) electrons. The Balaban J connectivity index is 1.60. The lowest BCUT2D eigenvalue weighted by molar-refractivity contribution is -0.124. The summed E-state index contributed by atoms with van der Waals surface area (Å²) in [6.45, 7) is 0.704. The Bertz CT molecular complexity index is 1400. The van der Waals surface area contributed by atoms with Crippen molar-refractivity contribution in [2.24, 2.45) is 0 Å². The van der Waals surface area contributed by atoms with Crippen LogP contribution in [0.25, 0.3) is 11.7 Å². The third-order valence-electron chi connectivity index (χ3n) is 5.88. The van der Waals surface area contributed by atoms with E-state index < -0.39 is 5.91 Å². The fraction of sp³-hybridized carbons (Fsp3) is 0.143. The largest absolute Gasteiger partial charge is 0.459 e. The van der Waals surface area contributed by atoms with Gasteiger partial charge in [-0.25, -0.2) is 10.5 Å². The number of carbonyl (C=O) groups excluding carboxylic acids is 1. The van der Waals surface area contributed by atoms with Crippen molar-refractivity contribution in [1.82, 2.24) is 14.9 Å². The lowest BCUT2D eigenvalue weighted by atomic mass is 10.1. The number of amides is 1. The Morgan fingerprint density at radius 1 is 1.03 bits per heavy atom. The molecule has 36 heavy (non-hydrogen) atoms. The Labute approximate surface area is 208 Å². The van der Waals surface area contributed by atoms with E-state index in [0.717, 1.165) is 41.1 Å². The fourth-order valence-corrected chi connectivity index (χ4v) is 4.16. The van der Waals surface area contributed by atoms with Crippen molar-refractivity contribution in [2.75, 3.05) is 11.7 Å². The van der Waals surface area contributed by atoms with Gasteiger partial charge in [-0.2, -0.15) is 0 Å². The van der Waals surface area contributed by atoms with Crippen LogP contribution in [0.3, 0.4) is 0 Å². The SMILES string of the molecule is O=C(C=Cc1ccc2nc(CCc3ccccc3)c(N(Cc3ccccc3)C3=COCO3)n2c1)NO. The van der Waals surface area contributed by atoms with E-state index in [1.54, 1.807) is 17.8 Å². The minimum absolute atomic E-state index is 0.154. The van der Waals surface area contributed by atoms with Gasteiger partial charge in [-0.3, -0.25) is 19.3 Å². The molecule has 0 bridgehead atoms. The molecule has 0 spiro atoms. The predicted octanol–water partition coefficient (Wildman–Crippen LogP) is 4.45. The molecule has 0 unspecified atom stereocenters. The molecule has 1 amide bonds. The summed E-state index contributed by atoms with van der Waals surface area (Å²) < 4.78 is 13.3. The average molecular weight is 483 g/mol. The number of anilines is 1. The highest BCUT2D eigenvalue weighted by atomic mass is 16.7. The molecular formula is C28H26N4O4. The van der Waals surface area contributed by atoms with E-state index in [1.807, 2.05) is 59.1 Å². The zero-order chi connectivity index (χ0) is 24.7. The van der Waals surface area contributed by atoms with Gasteiger partial charge >= 0.3 is 0 Å². The summed E-state index contributed by atoms with van der Waals surface area (Å²) >= 11 is 0. The molecule has 5 rings (SSSR count). The van der Waals surface area contributed by atoms with Crippen LogP contribution in [-0.4, -0.2) is 27.3 Å². The van der Waals surface area contributed by atoms with Crippen molar-refractivity contribution in [3.63, 3.8) is 0 Å². The minimum Gasteiger partial charge on any atom is -0.459 e. The standard InChI is InChI=1S/C28H26N4O4/c33-26(30-34)16-13-23-12-15-25-29-24(14-11-21-7-3-1-4-8-21)28(31(25)17-23)32(27-19-35-20-36-27)18-22-9-5-2-6-10-22/h1-10,12-13,15-17,19,34H,11,14,18,20H2,(H,30,33). The summed E-state index contributed by atoms with van der Waals surface area (Å²) in [6.07, 6.45) is 7.99. The van der Waals surface area contributed by atoms with Gasteiger partial charge in [0.15, 0.2) is 0 Å². The van der Waals surface area contributed by atoms with Gasteiger partial charge in [0.2, 0.25) is 12.7 Å². The summed E-state index contributed by atoms with van der Waals surface area (Å²) in [5.74, 6) is 0.863. The quantitative estimate of drug-likeness (QED) is 0.208. The Morgan fingerprint density at radius 2 is 1.78 bits per heavy atom. The van der Waals surface area contributed by atoms with Crippen LogP contribution in [-0.2, 0) is 33.7 Å². The number of hydrogen-bond acceptors (Lipinski definition) is 6. The van der Waals surface area contributed by atoms with Crippen LogP contribution < -0.4 is 10.4 Å². The van der Waals surface area contributed by atoms with E-state index in [2.05, 4.69) is 29.2 Å². The van der Waals surface area contributed by atoms with Gasteiger partial charge in [0.1, 0.15) is 17.7 Å². The summed E-state index contributed by atoms with van der Waals surface area (Å²) in [5, 5.41) is 8.81. The first kappa shape index (κ1) is 23.2. The average Bonchev–Trinajstić information content (AvgIpc) is 3.58. The number of hydroxylamine groups is 1. The number of imidazole rings is 1. The Hall–Kier alpha value is -4.56. The van der Waals surface area contributed by atoms with Crippen LogP contribution in [0, 0.1) is 0 Å². The van der Waals surface area contributed by atoms with E-state index in [1.165, 1.54) is 11.6 Å². The van der Waals surface area contributed by atoms with E-state index in [0.29, 0.717) is 12.4 Å². The Kier molecular flexibility index (Phi) is 6.95. The molecule has 0 aliphatic carbocycles. The second-order valence-corrected chi connectivity index (χ2v) is 8.32. The number of hydrogen-bond donors (Lipinski definition) is 2. The maximum Gasteiger partial charge on any atom is 0.267 e. The number of carbonyl (C=O) groups is 1. The van der Waals surface area contributed by atoms with Crippen molar-refractivity contribution in [3.8, 4) is 0 Å². The number of nitrogens with one attached hydrogen (secondary N) is 1. The molecule has 2 N–H and O–H groups in total. The van der Waals surface area contributed by atoms with E-state index in [-0.39, 0.29) is 6.79 Å². The van der Waals surface area contributed by atoms with Crippen LogP contribution in [0.1, 0.15) is 22.4 Å². The van der Waals surface area contributed by atoms with Crippen molar-refractivity contribution in [2.45, 2.75) is 19.4 Å². The van der Waals surface area contributed by atoms with Crippen molar-refractivity contribution >= 4 is 23.4 Å². The van der Waals surface area contributed by atoms with Crippen LogP contribution in [0.2, 0.25) is 0 Å². The van der Waals surface area contributed by atoms with E-state index >= 15 is 0 Å². The minimum atomic E-state index is -0.600. The summed E-state index contributed by atoms with van der Waals surface area (Å²) in [7, 11) is 0. The number of fused-ring (bicyclic) bond motifs is 1. The molecule has 3 heterocycles. The van der Waals surface area contributed by atoms with Gasteiger partial charge in [-0.1, -0.05) is 60.7 Å². The molecule has 182 valence electrons. The van der Waals surface area contributed by atoms with Gasteiger partial charge < -0.3 is 9.47 Å². The third kappa shape index (κ3) is 5.24. The normalized spacial score (nSPS) is 12.9. The number of rotatable bonds is 9. The summed E-state index contributed by atoms with van der Waals surface area (Å²) in [6, 6.07) is 24.2. The van der Waals surface area contributed by atoms with Gasteiger partial charge in [0.05, 0.1) is 12.2 Å². The number of pyridine rings is 1. The molecule has 2 aromatic carbocycles. The molecule has 0 saturated carbocycles. The first-order chi connectivity index (χ1) is 17.7.